The molecular weight excluding hydrogens is 214 g/mol. The van der Waals surface area contributed by atoms with Crippen molar-refractivity contribution in [2.24, 2.45) is 0 Å². The van der Waals surface area contributed by atoms with Crippen molar-refractivity contribution in [1.29, 1.82) is 0 Å². The SMILES string of the molecule is CN(C)CCc1ccc(C(=O)O)cc1Cl. The van der Waals surface area contributed by atoms with E-state index in [0.717, 1.165) is 18.5 Å². The summed E-state index contributed by atoms with van der Waals surface area (Å²) in [5.41, 5.74) is 1.21. The lowest BCUT2D eigenvalue weighted by molar-refractivity contribution is 0.0697. The molecular formula is C11H14ClNO2. The summed E-state index contributed by atoms with van der Waals surface area (Å²) in [6, 6.07) is 4.85. The van der Waals surface area contributed by atoms with E-state index in [1.807, 2.05) is 14.1 Å². The zero-order valence-electron chi connectivity index (χ0n) is 8.83. The number of aromatic carboxylic acids is 1. The Hall–Kier alpha value is -1.06. The highest BCUT2D eigenvalue weighted by Gasteiger charge is 2.06. The zero-order valence-corrected chi connectivity index (χ0v) is 9.58. The maximum absolute atomic E-state index is 10.7. The minimum atomic E-state index is -0.948. The fourth-order valence-electron chi connectivity index (χ4n) is 1.23. The van der Waals surface area contributed by atoms with Crippen molar-refractivity contribution in [1.82, 2.24) is 4.90 Å². The highest BCUT2D eigenvalue weighted by atomic mass is 35.5. The fraction of sp³-hybridized carbons (Fsp3) is 0.364. The Morgan fingerprint density at radius 3 is 2.60 bits per heavy atom. The summed E-state index contributed by atoms with van der Waals surface area (Å²) in [6.07, 6.45) is 0.825. The smallest absolute Gasteiger partial charge is 0.335 e. The molecule has 3 nitrogen and oxygen atoms in total. The van der Waals surface area contributed by atoms with Crippen LogP contribution in [-0.2, 0) is 6.42 Å². The minimum Gasteiger partial charge on any atom is -0.478 e. The van der Waals surface area contributed by atoms with Crippen LogP contribution < -0.4 is 0 Å². The van der Waals surface area contributed by atoms with Gasteiger partial charge in [0.2, 0.25) is 0 Å². The highest BCUT2D eigenvalue weighted by Crippen LogP contribution is 2.18. The first-order valence-electron chi connectivity index (χ1n) is 4.67. The molecule has 0 saturated carbocycles. The third kappa shape index (κ3) is 3.53. The fourth-order valence-corrected chi connectivity index (χ4v) is 1.50. The number of carboxylic acid groups (broad SMARTS) is 1. The van der Waals surface area contributed by atoms with E-state index in [1.54, 1.807) is 12.1 Å². The van der Waals surface area contributed by atoms with Gasteiger partial charge in [0.05, 0.1) is 5.56 Å². The number of benzene rings is 1. The molecule has 0 unspecified atom stereocenters. The lowest BCUT2D eigenvalue weighted by atomic mass is 10.1. The van der Waals surface area contributed by atoms with Gasteiger partial charge in [-0.15, -0.1) is 0 Å². The standard InChI is InChI=1S/C11H14ClNO2/c1-13(2)6-5-8-3-4-9(11(14)15)7-10(8)12/h3-4,7H,5-6H2,1-2H3,(H,14,15). The summed E-state index contributed by atoms with van der Waals surface area (Å²) in [5.74, 6) is -0.948. The number of likely N-dealkylation sites (N-methyl/N-ethyl adjacent to an activating group) is 1. The third-order valence-electron chi connectivity index (χ3n) is 2.13. The van der Waals surface area contributed by atoms with Gasteiger partial charge in [-0.1, -0.05) is 17.7 Å². The number of hydrogen-bond acceptors (Lipinski definition) is 2. The van der Waals surface area contributed by atoms with Crippen molar-refractivity contribution < 1.29 is 9.90 Å². The molecule has 0 atom stereocenters. The summed E-state index contributed by atoms with van der Waals surface area (Å²) >= 11 is 5.98. The molecule has 4 heteroatoms. The molecule has 0 aliphatic carbocycles. The van der Waals surface area contributed by atoms with E-state index < -0.39 is 5.97 Å². The summed E-state index contributed by atoms with van der Waals surface area (Å²) in [4.78, 5) is 12.7. The molecule has 1 aromatic carbocycles. The van der Waals surface area contributed by atoms with Gasteiger partial charge >= 0.3 is 5.97 Å². The largest absolute Gasteiger partial charge is 0.478 e. The lowest BCUT2D eigenvalue weighted by Gasteiger charge is -2.10. The molecule has 0 bridgehead atoms. The van der Waals surface area contributed by atoms with Gasteiger partial charge in [0, 0.05) is 11.6 Å². The van der Waals surface area contributed by atoms with E-state index in [0.29, 0.717) is 5.02 Å². The van der Waals surface area contributed by atoms with Gasteiger partial charge in [0.1, 0.15) is 0 Å². The molecule has 0 heterocycles. The van der Waals surface area contributed by atoms with Crippen LogP contribution in [-0.4, -0.2) is 36.6 Å². The van der Waals surface area contributed by atoms with Crippen LogP contribution in [0.2, 0.25) is 5.02 Å². The van der Waals surface area contributed by atoms with Gasteiger partial charge in [0.15, 0.2) is 0 Å². The Labute approximate surface area is 94.3 Å². The second-order valence-electron chi connectivity index (χ2n) is 3.66. The van der Waals surface area contributed by atoms with Gasteiger partial charge in [-0.05, 0) is 38.2 Å². The minimum absolute atomic E-state index is 0.230. The van der Waals surface area contributed by atoms with Crippen LogP contribution >= 0.6 is 11.6 Å². The second-order valence-corrected chi connectivity index (χ2v) is 4.07. The van der Waals surface area contributed by atoms with Crippen molar-refractivity contribution in [3.05, 3.63) is 34.3 Å². The highest BCUT2D eigenvalue weighted by molar-refractivity contribution is 6.31. The second kappa shape index (κ2) is 5.14. The van der Waals surface area contributed by atoms with Crippen LogP contribution in [0.1, 0.15) is 15.9 Å². The van der Waals surface area contributed by atoms with E-state index in [4.69, 9.17) is 16.7 Å². The van der Waals surface area contributed by atoms with Gasteiger partial charge in [-0.3, -0.25) is 0 Å². The predicted molar refractivity (Wildman–Crippen MR) is 60.7 cm³/mol. The van der Waals surface area contributed by atoms with Crippen molar-refractivity contribution in [3.63, 3.8) is 0 Å². The van der Waals surface area contributed by atoms with E-state index in [-0.39, 0.29) is 5.56 Å². The first-order valence-corrected chi connectivity index (χ1v) is 5.05. The Morgan fingerprint density at radius 2 is 2.13 bits per heavy atom. The summed E-state index contributed by atoms with van der Waals surface area (Å²) in [7, 11) is 3.97. The number of hydrogen-bond donors (Lipinski definition) is 1. The number of carbonyl (C=O) groups is 1. The van der Waals surface area contributed by atoms with E-state index in [9.17, 15) is 4.79 Å². The Kier molecular flexibility index (Phi) is 4.12. The average Bonchev–Trinajstić information content (AvgIpc) is 2.15. The zero-order chi connectivity index (χ0) is 11.4. The Balaban J connectivity index is 2.79. The molecule has 0 amide bonds. The quantitative estimate of drug-likeness (QED) is 0.857. The molecule has 82 valence electrons. The first-order chi connectivity index (χ1) is 7.00. The lowest BCUT2D eigenvalue weighted by Crippen LogP contribution is -2.15. The number of halogens is 1. The van der Waals surface area contributed by atoms with Crippen molar-refractivity contribution in [2.45, 2.75) is 6.42 Å². The van der Waals surface area contributed by atoms with Crippen LogP contribution in [0.15, 0.2) is 18.2 Å². The average molecular weight is 228 g/mol. The molecule has 0 aliphatic heterocycles. The molecule has 0 spiro atoms. The number of rotatable bonds is 4. The summed E-state index contributed by atoms with van der Waals surface area (Å²) in [5, 5.41) is 9.28. The molecule has 1 aromatic rings. The van der Waals surface area contributed by atoms with Crippen LogP contribution in [0.5, 0.6) is 0 Å². The van der Waals surface area contributed by atoms with Crippen molar-refractivity contribution in [2.75, 3.05) is 20.6 Å². The molecule has 1 rings (SSSR count). The van der Waals surface area contributed by atoms with E-state index in [1.165, 1.54) is 6.07 Å². The maximum atomic E-state index is 10.7. The van der Waals surface area contributed by atoms with E-state index in [2.05, 4.69) is 4.90 Å². The molecule has 0 aromatic heterocycles. The normalized spacial score (nSPS) is 10.7. The Morgan fingerprint density at radius 1 is 1.47 bits per heavy atom. The molecule has 15 heavy (non-hydrogen) atoms. The topological polar surface area (TPSA) is 40.5 Å². The molecule has 0 radical (unpaired) electrons. The van der Waals surface area contributed by atoms with Gasteiger partial charge in [-0.25, -0.2) is 4.79 Å². The first kappa shape index (κ1) is 12.0. The Bertz CT molecular complexity index is 364. The number of carboxylic acids is 1. The van der Waals surface area contributed by atoms with Crippen molar-refractivity contribution in [3.8, 4) is 0 Å². The molecule has 0 saturated heterocycles. The molecule has 0 fully saturated rings. The third-order valence-corrected chi connectivity index (χ3v) is 2.48. The van der Waals surface area contributed by atoms with E-state index >= 15 is 0 Å². The van der Waals surface area contributed by atoms with Crippen molar-refractivity contribution >= 4 is 17.6 Å². The van der Waals surface area contributed by atoms with Crippen LogP contribution in [0.3, 0.4) is 0 Å². The number of nitrogens with zero attached hydrogens (tertiary/aromatic N) is 1. The summed E-state index contributed by atoms with van der Waals surface area (Å²) in [6.45, 7) is 0.895. The summed E-state index contributed by atoms with van der Waals surface area (Å²) < 4.78 is 0. The van der Waals surface area contributed by atoms with Crippen LogP contribution in [0, 0.1) is 0 Å². The van der Waals surface area contributed by atoms with Gasteiger partial charge in [-0.2, -0.15) is 0 Å². The van der Waals surface area contributed by atoms with Crippen LogP contribution in [0.25, 0.3) is 0 Å². The monoisotopic (exact) mass is 227 g/mol. The van der Waals surface area contributed by atoms with Crippen LogP contribution in [0.4, 0.5) is 0 Å². The van der Waals surface area contributed by atoms with Gasteiger partial charge in [0.25, 0.3) is 0 Å². The predicted octanol–water partition coefficient (Wildman–Crippen LogP) is 2.14. The molecule has 0 aliphatic rings. The molecule has 1 N–H and O–H groups in total. The van der Waals surface area contributed by atoms with Gasteiger partial charge < -0.3 is 10.0 Å². The maximum Gasteiger partial charge on any atom is 0.335 e.